The van der Waals surface area contributed by atoms with Crippen molar-refractivity contribution >= 4 is 17.5 Å². The number of aromatic amines is 1. The lowest BCUT2D eigenvalue weighted by Crippen LogP contribution is -2.25. The predicted octanol–water partition coefficient (Wildman–Crippen LogP) is 4.22. The smallest absolute Gasteiger partial charge is 0.221 e. The molecule has 2 aromatic carbocycles. The molecule has 0 aliphatic carbocycles. The van der Waals surface area contributed by atoms with E-state index in [0.29, 0.717) is 17.1 Å². The Morgan fingerprint density at radius 2 is 2.00 bits per heavy atom. The molecule has 3 rings (SSSR count). The number of para-hydroxylation sites is 1. The highest BCUT2D eigenvalue weighted by Gasteiger charge is 2.21. The molecule has 0 bridgehead atoms. The summed E-state index contributed by atoms with van der Waals surface area (Å²) in [6, 6.07) is 14.5. The van der Waals surface area contributed by atoms with E-state index in [2.05, 4.69) is 15.5 Å². The summed E-state index contributed by atoms with van der Waals surface area (Å²) in [4.78, 5) is 12.7. The first-order chi connectivity index (χ1) is 13.0. The Labute approximate surface area is 163 Å². The zero-order chi connectivity index (χ0) is 19.4. The molecule has 0 saturated carbocycles. The Bertz CT molecular complexity index is 933. The Balaban J connectivity index is 1.81. The van der Waals surface area contributed by atoms with Gasteiger partial charge in [0.25, 0.3) is 0 Å². The Hall–Kier alpha value is -2.79. The number of hydrogen-bond donors (Lipinski definition) is 3. The quantitative estimate of drug-likeness (QED) is 0.596. The molecule has 27 heavy (non-hydrogen) atoms. The van der Waals surface area contributed by atoms with Crippen molar-refractivity contribution in [3.8, 4) is 5.75 Å². The second-order valence-corrected chi connectivity index (χ2v) is 7.00. The number of hydrogen-bond acceptors (Lipinski definition) is 3. The van der Waals surface area contributed by atoms with Crippen molar-refractivity contribution in [3.63, 3.8) is 0 Å². The topological polar surface area (TPSA) is 78.0 Å². The van der Waals surface area contributed by atoms with Crippen molar-refractivity contribution in [3.05, 3.63) is 81.6 Å². The van der Waals surface area contributed by atoms with Crippen LogP contribution < -0.4 is 5.32 Å². The molecule has 0 fully saturated rings. The number of rotatable bonds is 6. The Morgan fingerprint density at radius 1 is 1.22 bits per heavy atom. The number of aromatic hydroxyl groups is 1. The molecule has 0 radical (unpaired) electrons. The molecule has 3 aromatic rings. The highest BCUT2D eigenvalue weighted by molar-refractivity contribution is 6.30. The van der Waals surface area contributed by atoms with Crippen LogP contribution in [-0.4, -0.2) is 21.2 Å². The number of carbonyl (C=O) groups excluding carboxylic acids is 1. The van der Waals surface area contributed by atoms with E-state index in [4.69, 9.17) is 11.6 Å². The van der Waals surface area contributed by atoms with Crippen LogP contribution in [0.5, 0.6) is 5.75 Å². The Morgan fingerprint density at radius 3 is 2.67 bits per heavy atom. The van der Waals surface area contributed by atoms with Crippen LogP contribution in [0.4, 0.5) is 0 Å². The minimum Gasteiger partial charge on any atom is -0.508 e. The first-order valence-corrected chi connectivity index (χ1v) is 9.14. The third-order valence-corrected chi connectivity index (χ3v) is 4.93. The number of amides is 1. The van der Waals surface area contributed by atoms with Crippen LogP contribution in [-0.2, 0) is 11.3 Å². The van der Waals surface area contributed by atoms with Gasteiger partial charge in [0.15, 0.2) is 0 Å². The van der Waals surface area contributed by atoms with Gasteiger partial charge in [-0.2, -0.15) is 5.10 Å². The minimum atomic E-state index is -0.295. The summed E-state index contributed by atoms with van der Waals surface area (Å²) in [5.41, 5.74) is 4.39. The fraction of sp³-hybridized carbons (Fsp3) is 0.238. The zero-order valence-electron chi connectivity index (χ0n) is 15.3. The van der Waals surface area contributed by atoms with Crippen LogP contribution >= 0.6 is 11.6 Å². The fourth-order valence-electron chi connectivity index (χ4n) is 3.19. The molecule has 0 aliphatic rings. The van der Waals surface area contributed by atoms with Crippen LogP contribution in [0.1, 0.15) is 40.4 Å². The number of benzene rings is 2. The van der Waals surface area contributed by atoms with Crippen molar-refractivity contribution in [2.24, 2.45) is 0 Å². The molecule has 1 unspecified atom stereocenters. The van der Waals surface area contributed by atoms with E-state index < -0.39 is 0 Å². The van der Waals surface area contributed by atoms with Crippen LogP contribution in [0.3, 0.4) is 0 Å². The molecule has 5 nitrogen and oxygen atoms in total. The highest BCUT2D eigenvalue weighted by Crippen LogP contribution is 2.34. The molecule has 3 N–H and O–H groups in total. The number of halogens is 1. The van der Waals surface area contributed by atoms with E-state index >= 15 is 0 Å². The van der Waals surface area contributed by atoms with Crippen LogP contribution in [0, 0.1) is 13.8 Å². The van der Waals surface area contributed by atoms with Gasteiger partial charge in [0.2, 0.25) is 5.91 Å². The second-order valence-electron chi connectivity index (χ2n) is 6.56. The van der Waals surface area contributed by atoms with Crippen molar-refractivity contribution in [2.45, 2.75) is 32.7 Å². The number of aryl methyl sites for hydroxylation is 2. The molecular formula is C21H22ClN3O2. The van der Waals surface area contributed by atoms with Gasteiger partial charge in [-0.05, 0) is 37.6 Å². The molecular weight excluding hydrogens is 362 g/mol. The summed E-state index contributed by atoms with van der Waals surface area (Å²) in [5, 5.41) is 20.9. The van der Waals surface area contributed by atoms with Crippen LogP contribution in [0.2, 0.25) is 5.02 Å². The lowest BCUT2D eigenvalue weighted by atomic mass is 9.87. The summed E-state index contributed by atoms with van der Waals surface area (Å²) in [5.74, 6) is -0.239. The summed E-state index contributed by atoms with van der Waals surface area (Å²) >= 11 is 6.14. The maximum atomic E-state index is 12.7. The van der Waals surface area contributed by atoms with E-state index in [1.165, 1.54) is 0 Å². The van der Waals surface area contributed by atoms with Gasteiger partial charge in [-0.1, -0.05) is 41.9 Å². The molecule has 1 atom stereocenters. The summed E-state index contributed by atoms with van der Waals surface area (Å²) in [6.45, 7) is 4.25. The largest absolute Gasteiger partial charge is 0.508 e. The number of phenolic OH excluding ortho intramolecular Hbond substituents is 1. The lowest BCUT2D eigenvalue weighted by molar-refractivity contribution is -0.121. The molecule has 1 aromatic heterocycles. The van der Waals surface area contributed by atoms with Gasteiger partial charge in [-0.3, -0.25) is 9.89 Å². The maximum Gasteiger partial charge on any atom is 0.221 e. The molecule has 0 spiro atoms. The van der Waals surface area contributed by atoms with Gasteiger partial charge in [0.05, 0.1) is 5.69 Å². The second kappa shape index (κ2) is 8.27. The zero-order valence-corrected chi connectivity index (χ0v) is 16.0. The van der Waals surface area contributed by atoms with Gasteiger partial charge in [0, 0.05) is 40.7 Å². The third kappa shape index (κ3) is 4.49. The molecule has 1 heterocycles. The van der Waals surface area contributed by atoms with Gasteiger partial charge < -0.3 is 10.4 Å². The maximum absolute atomic E-state index is 12.7. The van der Waals surface area contributed by atoms with Gasteiger partial charge in [-0.25, -0.2) is 0 Å². The van der Waals surface area contributed by atoms with E-state index in [1.54, 1.807) is 18.2 Å². The van der Waals surface area contributed by atoms with Gasteiger partial charge in [0.1, 0.15) is 5.75 Å². The molecule has 1 amide bonds. The molecule has 0 aliphatic heterocycles. The molecule has 6 heteroatoms. The average molecular weight is 384 g/mol. The normalized spacial score (nSPS) is 12.0. The number of aromatic nitrogens is 2. The van der Waals surface area contributed by atoms with Crippen molar-refractivity contribution in [1.29, 1.82) is 0 Å². The fourth-order valence-corrected chi connectivity index (χ4v) is 3.39. The van der Waals surface area contributed by atoms with Gasteiger partial charge >= 0.3 is 0 Å². The number of nitrogens with one attached hydrogen (secondary N) is 2. The van der Waals surface area contributed by atoms with Gasteiger partial charge in [-0.15, -0.1) is 0 Å². The number of phenols is 1. The number of nitrogens with zero attached hydrogens (tertiary/aromatic N) is 1. The van der Waals surface area contributed by atoms with Crippen molar-refractivity contribution in [1.82, 2.24) is 15.5 Å². The SMILES string of the molecule is Cc1n[nH]c(C)c1CNC(=O)CC(c1cccc(Cl)c1)c1ccccc1O. The predicted molar refractivity (Wildman–Crippen MR) is 106 cm³/mol. The summed E-state index contributed by atoms with van der Waals surface area (Å²) in [7, 11) is 0. The number of H-pyrrole nitrogens is 1. The van der Waals surface area contributed by atoms with Crippen LogP contribution in [0.25, 0.3) is 0 Å². The van der Waals surface area contributed by atoms with E-state index in [9.17, 15) is 9.90 Å². The van der Waals surface area contributed by atoms with E-state index in [0.717, 1.165) is 22.5 Å². The van der Waals surface area contributed by atoms with Crippen molar-refractivity contribution < 1.29 is 9.90 Å². The minimum absolute atomic E-state index is 0.108. The summed E-state index contributed by atoms with van der Waals surface area (Å²) < 4.78 is 0. The first kappa shape index (κ1) is 19.0. The third-order valence-electron chi connectivity index (χ3n) is 4.70. The number of carbonyl (C=O) groups is 1. The molecule has 0 saturated heterocycles. The Kier molecular flexibility index (Phi) is 5.81. The standard InChI is InChI=1S/C21H22ClN3O2/c1-13-19(14(2)25-24-13)12-23-21(27)11-18(15-6-5-7-16(22)10-15)17-8-3-4-9-20(17)26/h3-10,18,26H,11-12H2,1-2H3,(H,23,27)(H,24,25). The lowest BCUT2D eigenvalue weighted by Gasteiger charge is -2.19. The van der Waals surface area contributed by atoms with E-state index in [-0.39, 0.29) is 24.0 Å². The highest BCUT2D eigenvalue weighted by atomic mass is 35.5. The monoisotopic (exact) mass is 383 g/mol. The van der Waals surface area contributed by atoms with Crippen molar-refractivity contribution in [2.75, 3.05) is 0 Å². The first-order valence-electron chi connectivity index (χ1n) is 8.76. The van der Waals surface area contributed by atoms with Crippen LogP contribution in [0.15, 0.2) is 48.5 Å². The average Bonchev–Trinajstić information content (AvgIpc) is 2.96. The summed E-state index contributed by atoms with van der Waals surface area (Å²) in [6.07, 6.45) is 0.202. The molecule has 140 valence electrons. The van der Waals surface area contributed by atoms with E-state index in [1.807, 2.05) is 44.2 Å².